The number of nitrogens with zero attached hydrogens (tertiary/aromatic N) is 1. The molecule has 0 atom stereocenters. The van der Waals surface area contributed by atoms with E-state index in [2.05, 4.69) is 6.07 Å². The number of rotatable bonds is 8. The minimum Gasteiger partial charge on any atom is -0.386 e. The molecule has 5 nitrogen and oxygen atoms in total. The summed E-state index contributed by atoms with van der Waals surface area (Å²) in [4.78, 5) is 0. The Balaban J connectivity index is 1.75. The average Bonchev–Trinajstić information content (AvgIpc) is 2.81. The molecule has 0 saturated heterocycles. The quantitative estimate of drug-likeness (QED) is 0.345. The Kier molecular flexibility index (Phi) is 6.01. The molecular formula is C26H19NO4. The lowest BCUT2D eigenvalue weighted by molar-refractivity contribution is -0.367. The van der Waals surface area contributed by atoms with Crippen LogP contribution in [0.1, 0.15) is 5.56 Å². The molecule has 152 valence electrons. The smallest absolute Gasteiger partial charge is 0.386 e. The van der Waals surface area contributed by atoms with Gasteiger partial charge in [0.05, 0.1) is 11.6 Å². The lowest BCUT2D eigenvalue weighted by Gasteiger charge is -2.32. The van der Waals surface area contributed by atoms with Crippen molar-refractivity contribution in [2.45, 2.75) is 6.16 Å². The highest BCUT2D eigenvalue weighted by molar-refractivity contribution is 5.35. The molecule has 4 rings (SSSR count). The van der Waals surface area contributed by atoms with Gasteiger partial charge in [0.25, 0.3) is 0 Å². The Hall–Kier alpha value is -4.43. The lowest BCUT2D eigenvalue weighted by atomic mass is 10.2. The van der Waals surface area contributed by atoms with E-state index in [1.165, 1.54) is 0 Å². The molecule has 0 heterocycles. The summed E-state index contributed by atoms with van der Waals surface area (Å²) in [6.45, 7) is 0. The molecule has 4 aromatic carbocycles. The monoisotopic (exact) mass is 409 g/mol. The van der Waals surface area contributed by atoms with Gasteiger partial charge >= 0.3 is 6.16 Å². The molecule has 0 aromatic heterocycles. The van der Waals surface area contributed by atoms with Crippen LogP contribution in [0.3, 0.4) is 0 Å². The van der Waals surface area contributed by atoms with E-state index in [1.54, 1.807) is 60.7 Å². The van der Waals surface area contributed by atoms with E-state index in [4.69, 9.17) is 24.2 Å². The molecule has 0 spiro atoms. The Morgan fingerprint density at radius 2 is 0.774 bits per heavy atom. The average molecular weight is 409 g/mol. The highest BCUT2D eigenvalue weighted by Crippen LogP contribution is 2.29. The van der Waals surface area contributed by atoms with Crippen LogP contribution >= 0.6 is 0 Å². The molecule has 5 heteroatoms. The van der Waals surface area contributed by atoms with Gasteiger partial charge in [0.15, 0.2) is 0 Å². The summed E-state index contributed by atoms with van der Waals surface area (Å²) in [6, 6.07) is 36.0. The van der Waals surface area contributed by atoms with Crippen LogP contribution in [0, 0.1) is 11.3 Å². The second-order valence-corrected chi connectivity index (χ2v) is 6.48. The van der Waals surface area contributed by atoms with Crippen LogP contribution < -0.4 is 18.9 Å². The highest BCUT2D eigenvalue weighted by atomic mass is 17.0. The molecule has 4 aromatic rings. The van der Waals surface area contributed by atoms with Crippen LogP contribution in [0.25, 0.3) is 0 Å². The van der Waals surface area contributed by atoms with Crippen LogP contribution in [-0.2, 0) is 0 Å². The first-order valence-electron chi connectivity index (χ1n) is 9.66. The SMILES string of the molecule is N#Cc1ccc(OC(Oc2ccccc2)(Oc2ccccc2)Oc2ccccc2)cc1. The summed E-state index contributed by atoms with van der Waals surface area (Å²) in [6.07, 6.45) is -1.97. The zero-order valence-corrected chi connectivity index (χ0v) is 16.5. The maximum atomic E-state index is 9.08. The minimum atomic E-state index is -1.97. The lowest BCUT2D eigenvalue weighted by Crippen LogP contribution is -2.53. The standard InChI is InChI=1S/C26H19NO4/c27-20-21-16-18-25(19-17-21)31-26(28-22-10-4-1-5-11-22,29-23-12-6-2-7-13-23)30-24-14-8-3-9-15-24/h1-19H. The number of benzene rings is 4. The summed E-state index contributed by atoms with van der Waals surface area (Å²) in [5.41, 5.74) is 0.509. The topological polar surface area (TPSA) is 60.7 Å². The summed E-state index contributed by atoms with van der Waals surface area (Å²) in [5, 5.41) is 9.08. The molecular weight excluding hydrogens is 390 g/mol. The molecule has 0 unspecified atom stereocenters. The molecule has 0 N–H and O–H groups in total. The van der Waals surface area contributed by atoms with E-state index in [0.717, 1.165) is 0 Å². The van der Waals surface area contributed by atoms with E-state index in [9.17, 15) is 0 Å². The number of para-hydroxylation sites is 3. The zero-order chi connectivity index (χ0) is 21.4. The summed E-state index contributed by atoms with van der Waals surface area (Å²) in [5.74, 6) is 1.87. The van der Waals surface area contributed by atoms with Gasteiger partial charge in [-0.25, -0.2) is 0 Å². The first kappa shape index (κ1) is 19.9. The molecule has 0 aliphatic carbocycles. The fourth-order valence-electron chi connectivity index (χ4n) is 2.77. The predicted octanol–water partition coefficient (Wildman–Crippen LogP) is 5.79. The summed E-state index contributed by atoms with van der Waals surface area (Å²) < 4.78 is 24.6. The molecule has 31 heavy (non-hydrogen) atoms. The predicted molar refractivity (Wildman–Crippen MR) is 116 cm³/mol. The van der Waals surface area contributed by atoms with Gasteiger partial charge in [0, 0.05) is 0 Å². The van der Waals surface area contributed by atoms with Crippen molar-refractivity contribution in [1.29, 1.82) is 5.26 Å². The van der Waals surface area contributed by atoms with Gasteiger partial charge in [0.2, 0.25) is 0 Å². The summed E-state index contributed by atoms with van der Waals surface area (Å²) >= 11 is 0. The highest BCUT2D eigenvalue weighted by Gasteiger charge is 2.43. The fraction of sp³-hybridized carbons (Fsp3) is 0.0385. The third-order valence-electron chi connectivity index (χ3n) is 4.18. The fourth-order valence-corrected chi connectivity index (χ4v) is 2.77. The van der Waals surface area contributed by atoms with Crippen molar-refractivity contribution >= 4 is 0 Å². The van der Waals surface area contributed by atoms with E-state index >= 15 is 0 Å². The number of hydrogen-bond acceptors (Lipinski definition) is 5. The molecule has 0 amide bonds. The Morgan fingerprint density at radius 3 is 1.10 bits per heavy atom. The van der Waals surface area contributed by atoms with Crippen LogP contribution in [-0.4, -0.2) is 6.16 Å². The first-order chi connectivity index (χ1) is 15.2. The van der Waals surface area contributed by atoms with Gasteiger partial charge in [-0.15, -0.1) is 0 Å². The number of ether oxygens (including phenoxy) is 4. The molecule has 0 saturated carbocycles. The van der Waals surface area contributed by atoms with Crippen molar-refractivity contribution in [1.82, 2.24) is 0 Å². The number of hydrogen-bond donors (Lipinski definition) is 0. The maximum absolute atomic E-state index is 9.08. The van der Waals surface area contributed by atoms with E-state index in [1.807, 2.05) is 54.6 Å². The van der Waals surface area contributed by atoms with E-state index in [-0.39, 0.29) is 0 Å². The van der Waals surface area contributed by atoms with Gasteiger partial charge in [0.1, 0.15) is 23.0 Å². The Labute approximate surface area is 180 Å². The molecule has 0 bridgehead atoms. The van der Waals surface area contributed by atoms with Crippen molar-refractivity contribution in [2.24, 2.45) is 0 Å². The third kappa shape index (κ3) is 5.34. The molecule has 0 fully saturated rings. The Bertz CT molecular complexity index is 1020. The third-order valence-corrected chi connectivity index (χ3v) is 4.18. The van der Waals surface area contributed by atoms with Gasteiger partial charge in [-0.05, 0) is 60.7 Å². The van der Waals surface area contributed by atoms with Crippen LogP contribution in [0.5, 0.6) is 23.0 Å². The summed E-state index contributed by atoms with van der Waals surface area (Å²) in [7, 11) is 0. The number of nitriles is 1. The first-order valence-corrected chi connectivity index (χ1v) is 9.66. The zero-order valence-electron chi connectivity index (χ0n) is 16.5. The van der Waals surface area contributed by atoms with E-state index < -0.39 is 6.16 Å². The van der Waals surface area contributed by atoms with Crippen molar-refractivity contribution in [3.63, 3.8) is 0 Å². The second-order valence-electron chi connectivity index (χ2n) is 6.48. The normalized spacial score (nSPS) is 10.5. The van der Waals surface area contributed by atoms with Crippen molar-refractivity contribution < 1.29 is 18.9 Å². The second kappa shape index (κ2) is 9.38. The van der Waals surface area contributed by atoms with Crippen molar-refractivity contribution in [3.8, 4) is 29.1 Å². The molecule has 0 aliphatic rings. The maximum Gasteiger partial charge on any atom is 0.611 e. The van der Waals surface area contributed by atoms with Crippen LogP contribution in [0.2, 0.25) is 0 Å². The Morgan fingerprint density at radius 1 is 0.452 bits per heavy atom. The van der Waals surface area contributed by atoms with Gasteiger partial charge < -0.3 is 18.9 Å². The van der Waals surface area contributed by atoms with Crippen LogP contribution in [0.4, 0.5) is 0 Å². The van der Waals surface area contributed by atoms with Gasteiger partial charge in [-0.3, -0.25) is 0 Å². The van der Waals surface area contributed by atoms with Crippen molar-refractivity contribution in [3.05, 3.63) is 121 Å². The van der Waals surface area contributed by atoms with Crippen molar-refractivity contribution in [2.75, 3.05) is 0 Å². The van der Waals surface area contributed by atoms with Gasteiger partial charge in [-0.1, -0.05) is 54.6 Å². The van der Waals surface area contributed by atoms with E-state index in [0.29, 0.717) is 28.6 Å². The largest absolute Gasteiger partial charge is 0.611 e. The van der Waals surface area contributed by atoms with Crippen LogP contribution in [0.15, 0.2) is 115 Å². The van der Waals surface area contributed by atoms with Gasteiger partial charge in [-0.2, -0.15) is 5.26 Å². The minimum absolute atomic E-state index is 0.404. The molecule has 0 aliphatic heterocycles. The molecule has 0 radical (unpaired) electrons.